The van der Waals surface area contributed by atoms with Crippen LogP contribution in [-0.4, -0.2) is 40.8 Å². The molecule has 120 valence electrons. The van der Waals surface area contributed by atoms with Crippen molar-refractivity contribution >= 4 is 12.4 Å². The lowest BCUT2D eigenvalue weighted by Crippen LogP contribution is -2.50. The van der Waals surface area contributed by atoms with E-state index in [2.05, 4.69) is 6.58 Å². The van der Waals surface area contributed by atoms with Gasteiger partial charge >= 0.3 is 6.09 Å². The highest BCUT2D eigenvalue weighted by molar-refractivity contribution is 5.70. The minimum atomic E-state index is -0.760. The van der Waals surface area contributed by atoms with Crippen LogP contribution in [0.15, 0.2) is 12.7 Å². The predicted octanol–water partition coefficient (Wildman–Crippen LogP) is 3.28. The van der Waals surface area contributed by atoms with Gasteiger partial charge in [-0.15, -0.1) is 6.58 Å². The van der Waals surface area contributed by atoms with E-state index in [0.29, 0.717) is 19.3 Å². The standard InChI is InChI=1S/C16H27NO4/c1-7-9-13-12(10-8-11-18)17(16(5,6)20-13)14(19)21-15(2,3)4/h7,11-13H,1,8-10H2,2-6H3/t12-,13+/m0/s1. The van der Waals surface area contributed by atoms with Crippen LogP contribution in [0.5, 0.6) is 0 Å². The van der Waals surface area contributed by atoms with Crippen LogP contribution in [0.1, 0.15) is 53.9 Å². The maximum absolute atomic E-state index is 12.5. The Labute approximate surface area is 127 Å². The molecule has 0 aromatic heterocycles. The first kappa shape index (κ1) is 17.7. The van der Waals surface area contributed by atoms with Crippen LogP contribution in [0.3, 0.4) is 0 Å². The van der Waals surface area contributed by atoms with Gasteiger partial charge in [0.25, 0.3) is 0 Å². The molecule has 1 rings (SSSR count). The quantitative estimate of drug-likeness (QED) is 0.577. The first-order chi connectivity index (χ1) is 9.62. The van der Waals surface area contributed by atoms with Gasteiger partial charge in [0.1, 0.15) is 17.6 Å². The summed E-state index contributed by atoms with van der Waals surface area (Å²) in [4.78, 5) is 24.8. The summed E-state index contributed by atoms with van der Waals surface area (Å²) in [7, 11) is 0. The van der Waals surface area contributed by atoms with Gasteiger partial charge in [0, 0.05) is 6.42 Å². The lowest BCUT2D eigenvalue weighted by molar-refractivity contribution is -0.108. The molecule has 0 saturated carbocycles. The molecule has 1 fully saturated rings. The van der Waals surface area contributed by atoms with Crippen molar-refractivity contribution in [3.8, 4) is 0 Å². The van der Waals surface area contributed by atoms with Crippen LogP contribution in [0.2, 0.25) is 0 Å². The second kappa shape index (κ2) is 6.60. The molecule has 0 N–H and O–H groups in total. The third kappa shape index (κ3) is 4.56. The van der Waals surface area contributed by atoms with E-state index in [1.165, 1.54) is 0 Å². The third-order valence-corrected chi connectivity index (χ3v) is 3.35. The molecule has 2 atom stereocenters. The Bertz CT molecular complexity index is 398. The molecule has 21 heavy (non-hydrogen) atoms. The second-order valence-corrected chi connectivity index (χ2v) is 6.79. The van der Waals surface area contributed by atoms with E-state index >= 15 is 0 Å². The first-order valence-electron chi connectivity index (χ1n) is 7.37. The van der Waals surface area contributed by atoms with Crippen molar-refractivity contribution in [3.05, 3.63) is 12.7 Å². The highest BCUT2D eigenvalue weighted by atomic mass is 16.6. The Morgan fingerprint density at radius 2 is 2.05 bits per heavy atom. The van der Waals surface area contributed by atoms with Crippen LogP contribution in [-0.2, 0) is 14.3 Å². The normalized spacial score (nSPS) is 24.7. The Kier molecular flexibility index (Phi) is 5.56. The highest BCUT2D eigenvalue weighted by Crippen LogP contribution is 2.37. The van der Waals surface area contributed by atoms with Crippen molar-refractivity contribution < 1.29 is 19.1 Å². The number of ether oxygens (including phenoxy) is 2. The molecular weight excluding hydrogens is 270 g/mol. The van der Waals surface area contributed by atoms with Crippen LogP contribution < -0.4 is 0 Å². The molecule has 0 bridgehead atoms. The maximum Gasteiger partial charge on any atom is 0.412 e. The molecule has 0 aromatic rings. The van der Waals surface area contributed by atoms with Gasteiger partial charge in [-0.2, -0.15) is 0 Å². The van der Waals surface area contributed by atoms with Crippen molar-refractivity contribution in [3.63, 3.8) is 0 Å². The lowest BCUT2D eigenvalue weighted by Gasteiger charge is -2.35. The molecule has 1 aliphatic rings. The summed E-state index contributed by atoms with van der Waals surface area (Å²) in [5, 5.41) is 0. The van der Waals surface area contributed by atoms with E-state index in [1.54, 1.807) is 11.0 Å². The van der Waals surface area contributed by atoms with Gasteiger partial charge in [-0.1, -0.05) is 6.08 Å². The zero-order valence-corrected chi connectivity index (χ0v) is 13.7. The van der Waals surface area contributed by atoms with Crippen molar-refractivity contribution in [2.24, 2.45) is 0 Å². The average molecular weight is 297 g/mol. The molecule has 0 aromatic carbocycles. The van der Waals surface area contributed by atoms with Gasteiger partial charge in [0.05, 0.1) is 12.1 Å². The topological polar surface area (TPSA) is 55.8 Å². The lowest BCUT2D eigenvalue weighted by atomic mass is 10.0. The van der Waals surface area contributed by atoms with Crippen molar-refractivity contribution in [1.82, 2.24) is 4.90 Å². The first-order valence-corrected chi connectivity index (χ1v) is 7.37. The minimum absolute atomic E-state index is 0.162. The van der Waals surface area contributed by atoms with Crippen LogP contribution in [0, 0.1) is 0 Å². The number of nitrogens with zero attached hydrogens (tertiary/aromatic N) is 1. The fourth-order valence-corrected chi connectivity index (χ4v) is 2.66. The maximum atomic E-state index is 12.5. The monoisotopic (exact) mass is 297 g/mol. The molecule has 1 amide bonds. The number of rotatable bonds is 5. The predicted molar refractivity (Wildman–Crippen MR) is 80.9 cm³/mol. The largest absolute Gasteiger partial charge is 0.444 e. The van der Waals surface area contributed by atoms with E-state index in [4.69, 9.17) is 9.47 Å². The van der Waals surface area contributed by atoms with Crippen LogP contribution in [0.4, 0.5) is 4.79 Å². The van der Waals surface area contributed by atoms with E-state index < -0.39 is 17.4 Å². The molecule has 5 heteroatoms. The molecule has 1 aliphatic heterocycles. The van der Waals surface area contributed by atoms with Gasteiger partial charge < -0.3 is 14.3 Å². The Morgan fingerprint density at radius 1 is 1.43 bits per heavy atom. The second-order valence-electron chi connectivity index (χ2n) is 6.79. The Hall–Kier alpha value is -1.36. The van der Waals surface area contributed by atoms with E-state index in [-0.39, 0.29) is 12.1 Å². The fraction of sp³-hybridized carbons (Fsp3) is 0.750. The molecular formula is C16H27NO4. The molecule has 5 nitrogen and oxygen atoms in total. The number of carbonyl (C=O) groups excluding carboxylic acids is 2. The van der Waals surface area contributed by atoms with Crippen molar-refractivity contribution in [1.29, 1.82) is 0 Å². The highest BCUT2D eigenvalue weighted by Gasteiger charge is 2.50. The van der Waals surface area contributed by atoms with Crippen LogP contribution in [0.25, 0.3) is 0 Å². The Morgan fingerprint density at radius 3 is 2.52 bits per heavy atom. The molecule has 1 heterocycles. The van der Waals surface area contributed by atoms with Gasteiger partial charge in [-0.3, -0.25) is 4.90 Å². The summed E-state index contributed by atoms with van der Waals surface area (Å²) in [5.41, 5.74) is -1.33. The number of aldehydes is 1. The van der Waals surface area contributed by atoms with Gasteiger partial charge in [-0.05, 0) is 47.5 Å². The number of carbonyl (C=O) groups is 2. The summed E-state index contributed by atoms with van der Waals surface area (Å²) < 4.78 is 11.5. The minimum Gasteiger partial charge on any atom is -0.444 e. The van der Waals surface area contributed by atoms with E-state index in [0.717, 1.165) is 6.29 Å². The molecule has 0 spiro atoms. The number of hydrogen-bond donors (Lipinski definition) is 0. The number of hydrogen-bond acceptors (Lipinski definition) is 4. The number of amides is 1. The summed E-state index contributed by atoms with van der Waals surface area (Å²) >= 11 is 0. The average Bonchev–Trinajstić information content (AvgIpc) is 2.55. The van der Waals surface area contributed by atoms with Gasteiger partial charge in [-0.25, -0.2) is 4.79 Å². The van der Waals surface area contributed by atoms with Crippen molar-refractivity contribution in [2.45, 2.75) is 77.4 Å². The van der Waals surface area contributed by atoms with E-state index in [9.17, 15) is 9.59 Å². The molecule has 1 saturated heterocycles. The van der Waals surface area contributed by atoms with E-state index in [1.807, 2.05) is 34.6 Å². The van der Waals surface area contributed by atoms with Crippen LogP contribution >= 0.6 is 0 Å². The summed E-state index contributed by atoms with van der Waals surface area (Å²) in [5.74, 6) is 0. The SMILES string of the molecule is C=CC[C@H]1OC(C)(C)N(C(=O)OC(C)(C)C)[C@H]1CCC=O. The molecule has 0 unspecified atom stereocenters. The zero-order chi connectivity index (χ0) is 16.3. The smallest absolute Gasteiger partial charge is 0.412 e. The summed E-state index contributed by atoms with van der Waals surface area (Å²) in [6.07, 6.45) is 3.64. The third-order valence-electron chi connectivity index (χ3n) is 3.35. The molecule has 0 aliphatic carbocycles. The molecule has 0 radical (unpaired) electrons. The summed E-state index contributed by atoms with van der Waals surface area (Å²) in [6.45, 7) is 12.9. The van der Waals surface area contributed by atoms with Crippen molar-refractivity contribution in [2.75, 3.05) is 0 Å². The fourth-order valence-electron chi connectivity index (χ4n) is 2.66. The van der Waals surface area contributed by atoms with Gasteiger partial charge in [0.15, 0.2) is 0 Å². The zero-order valence-electron chi connectivity index (χ0n) is 13.7. The van der Waals surface area contributed by atoms with Gasteiger partial charge in [0.2, 0.25) is 0 Å². The summed E-state index contributed by atoms with van der Waals surface area (Å²) in [6, 6.07) is -0.182. The Balaban J connectivity index is 3.00.